The van der Waals surface area contributed by atoms with E-state index < -0.39 is 0 Å². The molecule has 0 aromatic heterocycles. The van der Waals surface area contributed by atoms with Crippen LogP contribution in [-0.4, -0.2) is 12.3 Å². The van der Waals surface area contributed by atoms with E-state index in [-0.39, 0.29) is 17.7 Å². The van der Waals surface area contributed by atoms with Crippen molar-refractivity contribution in [1.82, 2.24) is 0 Å². The van der Waals surface area contributed by atoms with Gasteiger partial charge in [0, 0.05) is 34.0 Å². The van der Waals surface area contributed by atoms with Crippen LogP contribution in [-0.2, 0) is 11.8 Å². The average Bonchev–Trinajstić information content (AvgIpc) is 3.20. The third kappa shape index (κ3) is 3.08. The first-order valence-electron chi connectivity index (χ1n) is 16.7. The second-order valence-electron chi connectivity index (χ2n) is 14.5. The number of allylic oxidation sites excluding steroid dienone is 1. The minimum atomic E-state index is 0.0923. The third-order valence-electron chi connectivity index (χ3n) is 11.8. The van der Waals surface area contributed by atoms with Crippen molar-refractivity contribution in [2.45, 2.75) is 69.7 Å². The van der Waals surface area contributed by atoms with Gasteiger partial charge in [0.25, 0.3) is 6.71 Å². The lowest BCUT2D eigenvalue weighted by Crippen LogP contribution is -2.66. The monoisotopic (exact) mass is 568 g/mol. The Morgan fingerprint density at radius 2 is 1.48 bits per heavy atom. The molecule has 10 rings (SSSR count). The standard InChI is InChI=1S/C41H37BN2/c1-40-24-10-11-25-41(2,26-40)44-35-23-13-22-34-37(35)42(33-21-12-20-32(40)39(33)44)36-30-18-8-6-16-28(30)29-17-7-9-19-31(29)38(36)43(34)27-14-4-3-5-15-27/h3-8,12-18,20-23H,9-11,19,24-26H2,1-2H3. The van der Waals surface area contributed by atoms with Gasteiger partial charge in [0.1, 0.15) is 0 Å². The summed E-state index contributed by atoms with van der Waals surface area (Å²) in [6, 6.07) is 34.9. The molecule has 2 bridgehead atoms. The summed E-state index contributed by atoms with van der Waals surface area (Å²) >= 11 is 0. The minimum Gasteiger partial charge on any atom is -0.336 e. The highest BCUT2D eigenvalue weighted by molar-refractivity contribution is 7.01. The molecule has 0 N–H and O–H groups in total. The Kier molecular flexibility index (Phi) is 4.96. The van der Waals surface area contributed by atoms with Crippen molar-refractivity contribution in [3.05, 3.63) is 114 Å². The highest BCUT2D eigenvalue weighted by Gasteiger charge is 2.54. The molecule has 1 fully saturated rings. The molecule has 3 aliphatic heterocycles. The Bertz CT molecular complexity index is 2060. The first kappa shape index (κ1) is 25.1. The van der Waals surface area contributed by atoms with Crippen LogP contribution in [0.5, 0.6) is 0 Å². The van der Waals surface area contributed by atoms with Crippen molar-refractivity contribution in [1.29, 1.82) is 0 Å². The van der Waals surface area contributed by atoms with Gasteiger partial charge in [0.15, 0.2) is 0 Å². The third-order valence-corrected chi connectivity index (χ3v) is 11.8. The summed E-state index contributed by atoms with van der Waals surface area (Å²) in [6.45, 7) is 5.33. The maximum absolute atomic E-state index is 2.83. The average molecular weight is 569 g/mol. The number of hydrogen-bond acceptors (Lipinski definition) is 2. The van der Waals surface area contributed by atoms with Gasteiger partial charge in [0.05, 0.1) is 0 Å². The molecule has 1 saturated carbocycles. The van der Waals surface area contributed by atoms with Gasteiger partial charge in [0.2, 0.25) is 0 Å². The normalized spacial score (nSPS) is 23.9. The minimum absolute atomic E-state index is 0.0923. The maximum atomic E-state index is 2.83. The predicted octanol–water partition coefficient (Wildman–Crippen LogP) is 8.54. The van der Waals surface area contributed by atoms with Gasteiger partial charge in [-0.2, -0.15) is 0 Å². The van der Waals surface area contributed by atoms with E-state index in [9.17, 15) is 0 Å². The molecule has 5 aliphatic rings. The fraction of sp³-hybridized carbons (Fsp3) is 0.268. The highest BCUT2D eigenvalue weighted by atomic mass is 15.2. The molecule has 0 saturated heterocycles. The topological polar surface area (TPSA) is 6.48 Å². The number of para-hydroxylation sites is 2. The zero-order chi connectivity index (χ0) is 29.2. The van der Waals surface area contributed by atoms with Crippen LogP contribution in [0, 0.1) is 0 Å². The Balaban J connectivity index is 1.40. The van der Waals surface area contributed by atoms with Gasteiger partial charge in [-0.15, -0.1) is 0 Å². The van der Waals surface area contributed by atoms with E-state index in [2.05, 4.69) is 127 Å². The van der Waals surface area contributed by atoms with Crippen LogP contribution in [0.1, 0.15) is 69.1 Å². The van der Waals surface area contributed by atoms with Crippen molar-refractivity contribution in [2.75, 3.05) is 9.80 Å². The molecule has 2 atom stereocenters. The molecule has 0 spiro atoms. The number of rotatable bonds is 1. The zero-order valence-corrected chi connectivity index (χ0v) is 25.7. The molecule has 5 aromatic carbocycles. The smallest absolute Gasteiger partial charge is 0.252 e. The van der Waals surface area contributed by atoms with E-state index >= 15 is 0 Å². The van der Waals surface area contributed by atoms with Crippen LogP contribution in [0.4, 0.5) is 28.4 Å². The molecular formula is C41H37BN2. The molecule has 5 aromatic rings. The van der Waals surface area contributed by atoms with Gasteiger partial charge in [-0.3, -0.25) is 0 Å². The van der Waals surface area contributed by atoms with E-state index in [0.29, 0.717) is 0 Å². The summed E-state index contributed by atoms with van der Waals surface area (Å²) in [5.74, 6) is 0. The van der Waals surface area contributed by atoms with E-state index in [4.69, 9.17) is 0 Å². The molecule has 2 nitrogen and oxygen atoms in total. The van der Waals surface area contributed by atoms with Crippen LogP contribution < -0.4 is 26.2 Å². The van der Waals surface area contributed by atoms with Crippen LogP contribution >= 0.6 is 0 Å². The molecule has 214 valence electrons. The summed E-state index contributed by atoms with van der Waals surface area (Å²) < 4.78 is 0. The van der Waals surface area contributed by atoms with Crippen molar-refractivity contribution in [2.24, 2.45) is 0 Å². The van der Waals surface area contributed by atoms with Gasteiger partial charge in [-0.25, -0.2) is 0 Å². The molecule has 0 amide bonds. The lowest BCUT2D eigenvalue weighted by atomic mass is 9.32. The highest BCUT2D eigenvalue weighted by Crippen LogP contribution is 2.57. The van der Waals surface area contributed by atoms with Gasteiger partial charge in [-0.1, -0.05) is 98.6 Å². The van der Waals surface area contributed by atoms with Crippen molar-refractivity contribution < 1.29 is 0 Å². The van der Waals surface area contributed by atoms with E-state index in [1.165, 1.54) is 98.8 Å². The lowest BCUT2D eigenvalue weighted by molar-refractivity contribution is 0.291. The quantitative estimate of drug-likeness (QED) is 0.184. The lowest BCUT2D eigenvalue weighted by Gasteiger charge is -2.57. The summed E-state index contributed by atoms with van der Waals surface area (Å²) in [6.07, 6.45) is 13.3. The molecule has 2 aliphatic carbocycles. The van der Waals surface area contributed by atoms with Crippen molar-refractivity contribution in [3.63, 3.8) is 0 Å². The van der Waals surface area contributed by atoms with Crippen LogP contribution in [0.2, 0.25) is 0 Å². The van der Waals surface area contributed by atoms with Crippen LogP contribution in [0.15, 0.2) is 97.1 Å². The van der Waals surface area contributed by atoms with Crippen molar-refractivity contribution in [3.8, 4) is 0 Å². The van der Waals surface area contributed by atoms with E-state index in [1.807, 2.05) is 0 Å². The van der Waals surface area contributed by atoms with Crippen LogP contribution in [0.3, 0.4) is 0 Å². The zero-order valence-electron chi connectivity index (χ0n) is 25.7. The SMILES string of the molecule is CC12CCCCC(C)(C1)N1c3cccc4c3B(c3cccc2c31)c1c(c2c(c3ccccc13)C=CCC2)N4c1ccccc1. The molecule has 3 heterocycles. The largest absolute Gasteiger partial charge is 0.336 e. The number of hydrogen-bond donors (Lipinski definition) is 0. The first-order valence-corrected chi connectivity index (χ1v) is 16.7. The number of benzene rings is 5. The van der Waals surface area contributed by atoms with E-state index in [0.717, 1.165) is 12.8 Å². The molecule has 2 unspecified atom stereocenters. The van der Waals surface area contributed by atoms with Crippen molar-refractivity contribution >= 4 is 68.4 Å². The second-order valence-corrected chi connectivity index (χ2v) is 14.5. The Morgan fingerprint density at radius 1 is 0.705 bits per heavy atom. The Morgan fingerprint density at radius 3 is 2.36 bits per heavy atom. The van der Waals surface area contributed by atoms with Gasteiger partial charge < -0.3 is 9.80 Å². The Labute approximate surface area is 261 Å². The molecular weight excluding hydrogens is 531 g/mol. The number of fused-ring (bicyclic) bond motifs is 13. The first-order chi connectivity index (χ1) is 21.6. The predicted molar refractivity (Wildman–Crippen MR) is 188 cm³/mol. The number of nitrogens with zero attached hydrogens (tertiary/aromatic N) is 2. The maximum Gasteiger partial charge on any atom is 0.252 e. The van der Waals surface area contributed by atoms with Gasteiger partial charge >= 0.3 is 0 Å². The molecule has 44 heavy (non-hydrogen) atoms. The molecule has 0 radical (unpaired) electrons. The fourth-order valence-corrected chi connectivity index (χ4v) is 10.3. The summed E-state index contributed by atoms with van der Waals surface area (Å²) in [4.78, 5) is 5.46. The Hall–Kier alpha value is -4.24. The molecule has 3 heteroatoms. The summed E-state index contributed by atoms with van der Waals surface area (Å²) in [5, 5.41) is 2.79. The van der Waals surface area contributed by atoms with Crippen LogP contribution in [0.25, 0.3) is 16.8 Å². The summed E-state index contributed by atoms with van der Waals surface area (Å²) in [5.41, 5.74) is 16.2. The second kappa shape index (κ2) is 8.69. The van der Waals surface area contributed by atoms with E-state index in [1.54, 1.807) is 5.56 Å². The van der Waals surface area contributed by atoms with Gasteiger partial charge in [-0.05, 0) is 113 Å². The number of anilines is 5. The fourth-order valence-electron chi connectivity index (χ4n) is 10.3. The summed E-state index contributed by atoms with van der Waals surface area (Å²) in [7, 11) is 0.